The largest absolute Gasteiger partial charge is 0.314 e. The average Bonchev–Trinajstić information content (AvgIpc) is 2.59. The third-order valence-electron chi connectivity index (χ3n) is 3.10. The predicted octanol–water partition coefficient (Wildman–Crippen LogP) is 2.19. The maximum atomic E-state index is 12.7. The first kappa shape index (κ1) is 14.5. The van der Waals surface area contributed by atoms with Gasteiger partial charge in [-0.1, -0.05) is 0 Å². The lowest BCUT2D eigenvalue weighted by Gasteiger charge is -2.41. The molecule has 0 aromatic carbocycles. The quantitative estimate of drug-likeness (QED) is 0.887. The minimum Gasteiger partial charge on any atom is -0.314 e. The van der Waals surface area contributed by atoms with Gasteiger partial charge in [-0.3, -0.25) is 0 Å². The Morgan fingerprint density at radius 2 is 2.17 bits per heavy atom. The van der Waals surface area contributed by atoms with Crippen LogP contribution in [-0.2, 0) is 10.0 Å². The third kappa shape index (κ3) is 2.51. The van der Waals surface area contributed by atoms with Gasteiger partial charge in [-0.2, -0.15) is 4.31 Å². The van der Waals surface area contributed by atoms with Crippen LogP contribution in [0.5, 0.6) is 0 Å². The minimum absolute atomic E-state index is 0.387. The molecule has 0 saturated carbocycles. The van der Waals surface area contributed by atoms with Gasteiger partial charge in [0.15, 0.2) is 0 Å². The summed E-state index contributed by atoms with van der Waals surface area (Å²) in [5.74, 6) is 0. The van der Waals surface area contributed by atoms with Gasteiger partial charge in [-0.05, 0) is 48.3 Å². The molecule has 1 N–H and O–H groups in total. The fourth-order valence-corrected chi connectivity index (χ4v) is 6.20. The van der Waals surface area contributed by atoms with Crippen molar-refractivity contribution in [1.29, 1.82) is 0 Å². The van der Waals surface area contributed by atoms with Gasteiger partial charge in [-0.25, -0.2) is 8.42 Å². The molecule has 1 aliphatic heterocycles. The predicted molar refractivity (Wildman–Crippen MR) is 77.6 cm³/mol. The lowest BCUT2D eigenvalue weighted by Crippen LogP contribution is -2.59. The van der Waals surface area contributed by atoms with E-state index in [4.69, 9.17) is 0 Å². The molecule has 1 fully saturated rings. The number of piperazine rings is 1. The summed E-state index contributed by atoms with van der Waals surface area (Å²) in [4.78, 5) is 0. The van der Waals surface area contributed by atoms with E-state index in [1.165, 1.54) is 11.3 Å². The van der Waals surface area contributed by atoms with Crippen LogP contribution in [0.15, 0.2) is 14.1 Å². The molecule has 0 amide bonds. The molecule has 2 heterocycles. The minimum atomic E-state index is -3.39. The molecular formula is C11H17BrN2O2S2. The van der Waals surface area contributed by atoms with Crippen molar-refractivity contribution in [3.8, 4) is 0 Å². The Bertz CT molecular complexity index is 532. The number of hydrogen-bond acceptors (Lipinski definition) is 4. The highest BCUT2D eigenvalue weighted by Crippen LogP contribution is 2.34. The lowest BCUT2D eigenvalue weighted by molar-refractivity contribution is 0.186. The summed E-state index contributed by atoms with van der Waals surface area (Å²) >= 11 is 4.67. The second kappa shape index (κ2) is 4.86. The number of rotatable bonds is 2. The van der Waals surface area contributed by atoms with Crippen LogP contribution in [0.1, 0.15) is 19.4 Å². The highest BCUT2D eigenvalue weighted by molar-refractivity contribution is 9.11. The van der Waals surface area contributed by atoms with Gasteiger partial charge < -0.3 is 5.32 Å². The van der Waals surface area contributed by atoms with E-state index < -0.39 is 10.0 Å². The fourth-order valence-electron chi connectivity index (χ4n) is 2.08. The normalized spacial score (nSPS) is 21.1. The SMILES string of the molecule is Cc1cc(S(=O)(=O)N2CCNCC2(C)C)sc1Br. The van der Waals surface area contributed by atoms with Gasteiger partial charge in [0.25, 0.3) is 10.0 Å². The molecule has 1 aromatic rings. The van der Waals surface area contributed by atoms with E-state index in [2.05, 4.69) is 21.2 Å². The zero-order chi connectivity index (χ0) is 13.6. The summed E-state index contributed by atoms with van der Waals surface area (Å²) in [5.41, 5.74) is 0.577. The van der Waals surface area contributed by atoms with E-state index >= 15 is 0 Å². The van der Waals surface area contributed by atoms with E-state index in [0.717, 1.165) is 9.35 Å². The fraction of sp³-hybridized carbons (Fsp3) is 0.636. The Kier molecular flexibility index (Phi) is 3.91. The maximum absolute atomic E-state index is 12.7. The first-order valence-electron chi connectivity index (χ1n) is 5.75. The molecule has 7 heteroatoms. The molecule has 0 radical (unpaired) electrons. The topological polar surface area (TPSA) is 49.4 Å². The molecule has 0 aliphatic carbocycles. The number of hydrogen-bond donors (Lipinski definition) is 1. The van der Waals surface area contributed by atoms with Crippen LogP contribution >= 0.6 is 27.3 Å². The Hall–Kier alpha value is 0.0500. The molecule has 0 spiro atoms. The van der Waals surface area contributed by atoms with Gasteiger partial charge in [0.1, 0.15) is 4.21 Å². The summed E-state index contributed by atoms with van der Waals surface area (Å²) < 4.78 is 28.2. The molecule has 0 unspecified atom stereocenters. The third-order valence-corrected chi connectivity index (χ3v) is 7.80. The zero-order valence-corrected chi connectivity index (χ0v) is 13.9. The van der Waals surface area contributed by atoms with Gasteiger partial charge >= 0.3 is 0 Å². The summed E-state index contributed by atoms with van der Waals surface area (Å²) in [5, 5.41) is 3.23. The molecule has 4 nitrogen and oxygen atoms in total. The summed E-state index contributed by atoms with van der Waals surface area (Å²) in [6.07, 6.45) is 0. The van der Waals surface area contributed by atoms with Crippen LogP contribution in [-0.4, -0.2) is 37.9 Å². The van der Waals surface area contributed by atoms with E-state index in [1.54, 1.807) is 10.4 Å². The number of nitrogens with one attached hydrogen (secondary N) is 1. The maximum Gasteiger partial charge on any atom is 0.253 e. The van der Waals surface area contributed by atoms with Crippen molar-refractivity contribution < 1.29 is 8.42 Å². The Labute approximate surface area is 121 Å². The second-order valence-electron chi connectivity index (χ2n) is 5.09. The highest BCUT2D eigenvalue weighted by atomic mass is 79.9. The molecule has 1 saturated heterocycles. The van der Waals surface area contributed by atoms with E-state index in [0.29, 0.717) is 23.8 Å². The number of aryl methyl sites for hydroxylation is 1. The number of thiophene rings is 1. The smallest absolute Gasteiger partial charge is 0.253 e. The molecule has 0 atom stereocenters. The van der Waals surface area contributed by atoms with E-state index in [1.807, 2.05) is 20.8 Å². The molecule has 102 valence electrons. The van der Waals surface area contributed by atoms with Crippen LogP contribution in [0.3, 0.4) is 0 Å². The van der Waals surface area contributed by atoms with Gasteiger partial charge in [0.2, 0.25) is 0 Å². The van der Waals surface area contributed by atoms with E-state index in [9.17, 15) is 8.42 Å². The van der Waals surface area contributed by atoms with Crippen molar-refractivity contribution in [2.45, 2.75) is 30.5 Å². The van der Waals surface area contributed by atoms with Crippen LogP contribution < -0.4 is 5.32 Å². The first-order chi connectivity index (χ1) is 8.25. The zero-order valence-electron chi connectivity index (χ0n) is 10.7. The van der Waals surface area contributed by atoms with E-state index in [-0.39, 0.29) is 5.54 Å². The Balaban J connectivity index is 2.42. The van der Waals surface area contributed by atoms with Crippen molar-refractivity contribution in [2.24, 2.45) is 0 Å². The average molecular weight is 353 g/mol. The number of sulfonamides is 1. The number of nitrogens with zero attached hydrogens (tertiary/aromatic N) is 1. The van der Waals surface area contributed by atoms with Crippen molar-refractivity contribution in [3.63, 3.8) is 0 Å². The lowest BCUT2D eigenvalue weighted by atomic mass is 10.0. The molecule has 1 aliphatic rings. The Morgan fingerprint density at radius 3 is 2.67 bits per heavy atom. The summed E-state index contributed by atoms with van der Waals surface area (Å²) in [6, 6.07) is 1.74. The molecule has 1 aromatic heterocycles. The van der Waals surface area contributed by atoms with Crippen LogP contribution in [0.25, 0.3) is 0 Å². The van der Waals surface area contributed by atoms with Crippen molar-refractivity contribution in [3.05, 3.63) is 15.4 Å². The van der Waals surface area contributed by atoms with Crippen LogP contribution in [0.4, 0.5) is 0 Å². The molecular weight excluding hydrogens is 336 g/mol. The van der Waals surface area contributed by atoms with Gasteiger partial charge in [0.05, 0.1) is 3.79 Å². The molecule has 0 bridgehead atoms. The summed E-state index contributed by atoms with van der Waals surface area (Å²) in [7, 11) is -3.39. The first-order valence-corrected chi connectivity index (χ1v) is 8.79. The number of halogens is 1. The molecule has 2 rings (SSSR count). The van der Waals surface area contributed by atoms with Crippen LogP contribution in [0.2, 0.25) is 0 Å². The Morgan fingerprint density at radius 1 is 1.50 bits per heavy atom. The van der Waals surface area contributed by atoms with Crippen molar-refractivity contribution in [2.75, 3.05) is 19.6 Å². The highest BCUT2D eigenvalue weighted by Gasteiger charge is 2.39. The molecule has 18 heavy (non-hydrogen) atoms. The van der Waals surface area contributed by atoms with Crippen LogP contribution in [0, 0.1) is 6.92 Å². The standard InChI is InChI=1S/C11H17BrN2O2S2/c1-8-6-9(17-10(8)12)18(15,16)14-5-4-13-7-11(14,2)3/h6,13H,4-5,7H2,1-3H3. The second-order valence-corrected chi connectivity index (χ2v) is 9.55. The monoisotopic (exact) mass is 352 g/mol. The van der Waals surface area contributed by atoms with Crippen molar-refractivity contribution in [1.82, 2.24) is 9.62 Å². The van der Waals surface area contributed by atoms with Gasteiger partial charge in [0, 0.05) is 25.2 Å². The van der Waals surface area contributed by atoms with Crippen molar-refractivity contribution >= 4 is 37.3 Å². The summed E-state index contributed by atoms with van der Waals surface area (Å²) in [6.45, 7) is 7.71. The van der Waals surface area contributed by atoms with Gasteiger partial charge in [-0.15, -0.1) is 11.3 Å².